The summed E-state index contributed by atoms with van der Waals surface area (Å²) in [6.45, 7) is 2.12. The van der Waals surface area contributed by atoms with Crippen molar-refractivity contribution in [3.8, 4) is 0 Å². The number of rotatable bonds is 5. The quantitative estimate of drug-likeness (QED) is 0.586. The van der Waals surface area contributed by atoms with E-state index in [0.29, 0.717) is 6.04 Å². The van der Waals surface area contributed by atoms with Crippen LogP contribution >= 0.6 is 23.1 Å². The lowest BCUT2D eigenvalue weighted by molar-refractivity contribution is 0.551. The molecule has 1 aromatic rings. The van der Waals surface area contributed by atoms with E-state index in [0.717, 1.165) is 12.2 Å². The van der Waals surface area contributed by atoms with Crippen LogP contribution in [0.4, 0.5) is 0 Å². The van der Waals surface area contributed by atoms with Crippen LogP contribution in [0, 0.1) is 6.92 Å². The minimum absolute atomic E-state index is 0.325. The van der Waals surface area contributed by atoms with E-state index in [1.165, 1.54) is 9.75 Å². The monoisotopic (exact) mass is 216 g/mol. The normalized spacial score (nSPS) is 13.2. The second-order valence-corrected chi connectivity index (χ2v) is 5.25. The van der Waals surface area contributed by atoms with Gasteiger partial charge in [0.25, 0.3) is 0 Å². The molecule has 0 fully saturated rings. The molecule has 1 aromatic heterocycles. The molecule has 0 saturated heterocycles. The molecule has 0 saturated carbocycles. The van der Waals surface area contributed by atoms with E-state index in [1.54, 1.807) is 0 Å². The molecule has 1 rings (SSSR count). The fourth-order valence-electron chi connectivity index (χ4n) is 1.18. The minimum atomic E-state index is 0.325. The van der Waals surface area contributed by atoms with E-state index in [4.69, 9.17) is 5.84 Å². The third kappa shape index (κ3) is 3.31. The van der Waals surface area contributed by atoms with Gasteiger partial charge in [0.15, 0.2) is 0 Å². The molecule has 3 N–H and O–H groups in total. The van der Waals surface area contributed by atoms with Gasteiger partial charge < -0.3 is 0 Å². The maximum atomic E-state index is 5.50. The van der Waals surface area contributed by atoms with Crippen molar-refractivity contribution in [2.75, 3.05) is 12.0 Å². The summed E-state index contributed by atoms with van der Waals surface area (Å²) in [5.41, 5.74) is 2.86. The average Bonchev–Trinajstić information content (AvgIpc) is 2.54. The maximum absolute atomic E-state index is 5.50. The highest BCUT2D eigenvalue weighted by atomic mass is 32.2. The Labute approximate surface area is 87.9 Å². The Bertz CT molecular complexity index is 248. The van der Waals surface area contributed by atoms with Crippen molar-refractivity contribution in [1.82, 2.24) is 5.43 Å². The Morgan fingerprint density at radius 2 is 2.38 bits per heavy atom. The van der Waals surface area contributed by atoms with E-state index in [9.17, 15) is 0 Å². The summed E-state index contributed by atoms with van der Waals surface area (Å²) >= 11 is 3.67. The minimum Gasteiger partial charge on any atom is -0.271 e. The first-order valence-electron chi connectivity index (χ1n) is 4.29. The van der Waals surface area contributed by atoms with Gasteiger partial charge in [-0.25, -0.2) is 0 Å². The Kier molecular flexibility index (Phi) is 4.80. The number of nitrogens with two attached hydrogens (primary N) is 1. The molecule has 0 aliphatic carbocycles. The van der Waals surface area contributed by atoms with Crippen LogP contribution in [-0.2, 0) is 0 Å². The first kappa shape index (κ1) is 11.0. The molecule has 1 unspecified atom stereocenters. The zero-order chi connectivity index (χ0) is 9.68. The number of hydrogen-bond donors (Lipinski definition) is 2. The van der Waals surface area contributed by atoms with Gasteiger partial charge in [0, 0.05) is 9.75 Å². The van der Waals surface area contributed by atoms with Gasteiger partial charge in [-0.3, -0.25) is 11.3 Å². The lowest BCUT2D eigenvalue weighted by Gasteiger charge is -2.12. The second kappa shape index (κ2) is 5.65. The summed E-state index contributed by atoms with van der Waals surface area (Å²) < 4.78 is 0. The van der Waals surface area contributed by atoms with Gasteiger partial charge in [-0.15, -0.1) is 11.3 Å². The fourth-order valence-corrected chi connectivity index (χ4v) is 2.63. The van der Waals surface area contributed by atoms with Crippen LogP contribution in [0.2, 0.25) is 0 Å². The average molecular weight is 216 g/mol. The lowest BCUT2D eigenvalue weighted by atomic mass is 10.2. The molecule has 0 spiro atoms. The Morgan fingerprint density at radius 3 is 2.85 bits per heavy atom. The smallest absolute Gasteiger partial charge is 0.0561 e. The van der Waals surface area contributed by atoms with Crippen molar-refractivity contribution >= 4 is 23.1 Å². The Balaban J connectivity index is 2.56. The summed E-state index contributed by atoms with van der Waals surface area (Å²) in [4.78, 5) is 2.69. The van der Waals surface area contributed by atoms with Crippen molar-refractivity contribution in [3.05, 3.63) is 21.9 Å². The van der Waals surface area contributed by atoms with Gasteiger partial charge in [0.2, 0.25) is 0 Å². The summed E-state index contributed by atoms with van der Waals surface area (Å²) in [6, 6.07) is 4.63. The number of aryl methyl sites for hydroxylation is 1. The van der Waals surface area contributed by atoms with Crippen molar-refractivity contribution in [3.63, 3.8) is 0 Å². The van der Waals surface area contributed by atoms with E-state index in [2.05, 4.69) is 30.7 Å². The highest BCUT2D eigenvalue weighted by Gasteiger charge is 2.10. The zero-order valence-electron chi connectivity index (χ0n) is 8.04. The molecule has 1 heterocycles. The van der Waals surface area contributed by atoms with Crippen molar-refractivity contribution in [1.29, 1.82) is 0 Å². The predicted octanol–water partition coefficient (Wildman–Crippen LogP) is 2.31. The molecule has 0 bridgehead atoms. The molecule has 2 nitrogen and oxygen atoms in total. The molecular formula is C9H16N2S2. The molecule has 0 aliphatic rings. The van der Waals surface area contributed by atoms with Crippen molar-refractivity contribution < 1.29 is 0 Å². The molecule has 0 radical (unpaired) electrons. The van der Waals surface area contributed by atoms with Crippen LogP contribution in [0.1, 0.15) is 22.2 Å². The molecular weight excluding hydrogens is 200 g/mol. The van der Waals surface area contributed by atoms with Crippen LogP contribution < -0.4 is 11.3 Å². The predicted molar refractivity (Wildman–Crippen MR) is 62.1 cm³/mol. The van der Waals surface area contributed by atoms with Gasteiger partial charge >= 0.3 is 0 Å². The Morgan fingerprint density at radius 1 is 1.62 bits per heavy atom. The standard InChI is InChI=1S/C9H16N2S2/c1-7-3-4-9(13-7)8(11-10)5-6-12-2/h3-4,8,11H,5-6,10H2,1-2H3. The van der Waals surface area contributed by atoms with E-state index >= 15 is 0 Å². The number of thiophene rings is 1. The fraction of sp³-hybridized carbons (Fsp3) is 0.556. The molecule has 13 heavy (non-hydrogen) atoms. The molecule has 0 aromatic carbocycles. The van der Waals surface area contributed by atoms with Gasteiger partial charge in [-0.1, -0.05) is 0 Å². The highest BCUT2D eigenvalue weighted by Crippen LogP contribution is 2.25. The first-order valence-corrected chi connectivity index (χ1v) is 6.50. The van der Waals surface area contributed by atoms with E-state index < -0.39 is 0 Å². The van der Waals surface area contributed by atoms with Gasteiger partial charge in [0.05, 0.1) is 6.04 Å². The molecule has 0 aliphatic heterocycles. The van der Waals surface area contributed by atoms with Gasteiger partial charge in [-0.05, 0) is 37.5 Å². The number of hydrazine groups is 1. The lowest BCUT2D eigenvalue weighted by Crippen LogP contribution is -2.27. The molecule has 4 heteroatoms. The largest absolute Gasteiger partial charge is 0.271 e. The van der Waals surface area contributed by atoms with Crippen molar-refractivity contribution in [2.24, 2.45) is 5.84 Å². The van der Waals surface area contributed by atoms with E-state index in [1.807, 2.05) is 23.1 Å². The summed E-state index contributed by atoms with van der Waals surface area (Å²) in [5.74, 6) is 6.65. The van der Waals surface area contributed by atoms with Crippen LogP contribution in [0.25, 0.3) is 0 Å². The van der Waals surface area contributed by atoms with Gasteiger partial charge in [-0.2, -0.15) is 11.8 Å². The zero-order valence-corrected chi connectivity index (χ0v) is 9.67. The van der Waals surface area contributed by atoms with E-state index in [-0.39, 0.29) is 0 Å². The first-order chi connectivity index (χ1) is 6.27. The van der Waals surface area contributed by atoms with Crippen LogP contribution in [-0.4, -0.2) is 12.0 Å². The van der Waals surface area contributed by atoms with Crippen LogP contribution in [0.3, 0.4) is 0 Å². The summed E-state index contributed by atoms with van der Waals surface area (Å²) in [5, 5.41) is 0. The third-order valence-corrected chi connectivity index (χ3v) is 3.67. The number of hydrogen-bond acceptors (Lipinski definition) is 4. The second-order valence-electron chi connectivity index (χ2n) is 2.95. The molecule has 74 valence electrons. The summed E-state index contributed by atoms with van der Waals surface area (Å²) in [6.07, 6.45) is 3.21. The highest BCUT2D eigenvalue weighted by molar-refractivity contribution is 7.98. The third-order valence-electron chi connectivity index (χ3n) is 1.92. The Hall–Kier alpha value is -0.0300. The van der Waals surface area contributed by atoms with Crippen LogP contribution in [0.15, 0.2) is 12.1 Å². The maximum Gasteiger partial charge on any atom is 0.0561 e. The number of nitrogens with one attached hydrogen (secondary N) is 1. The topological polar surface area (TPSA) is 38.0 Å². The summed E-state index contributed by atoms with van der Waals surface area (Å²) in [7, 11) is 0. The van der Waals surface area contributed by atoms with Crippen LogP contribution in [0.5, 0.6) is 0 Å². The SMILES string of the molecule is CSCCC(NN)c1ccc(C)s1. The molecule has 0 amide bonds. The van der Waals surface area contributed by atoms with Crippen molar-refractivity contribution in [2.45, 2.75) is 19.4 Å². The number of thioether (sulfide) groups is 1. The van der Waals surface area contributed by atoms with Gasteiger partial charge in [0.1, 0.15) is 0 Å². The molecule has 1 atom stereocenters.